The summed E-state index contributed by atoms with van der Waals surface area (Å²) in [5.41, 5.74) is -0.137. The van der Waals surface area contributed by atoms with E-state index in [1.165, 1.54) is 25.1 Å². The number of halogens is 3. The molecule has 1 amide bonds. The molecule has 0 aliphatic heterocycles. The fraction of sp³-hybridized carbons (Fsp3) is 0.227. The molecule has 0 aliphatic rings. The molecule has 0 saturated carbocycles. The Balaban J connectivity index is 1.99. The maximum Gasteiger partial charge on any atom is 0.416 e. The molecule has 31 heavy (non-hydrogen) atoms. The highest BCUT2D eigenvalue weighted by atomic mass is 19.4. The molecule has 162 valence electrons. The first-order chi connectivity index (χ1) is 14.6. The molecule has 0 atom stereocenters. The van der Waals surface area contributed by atoms with Crippen LogP contribution in [0.15, 0.2) is 59.4 Å². The van der Waals surface area contributed by atoms with Crippen LogP contribution in [0.1, 0.15) is 27.3 Å². The summed E-state index contributed by atoms with van der Waals surface area (Å²) in [6, 6.07) is 12.8. The van der Waals surface area contributed by atoms with Crippen LogP contribution in [0.5, 0.6) is 0 Å². The molecule has 1 heterocycles. The Hall–Kier alpha value is -3.46. The Bertz CT molecular complexity index is 1170. The summed E-state index contributed by atoms with van der Waals surface area (Å²) in [5.74, 6) is -0.739. The number of anilines is 1. The number of alkyl halides is 3. The fourth-order valence-electron chi connectivity index (χ4n) is 3.08. The molecule has 0 bridgehead atoms. The summed E-state index contributed by atoms with van der Waals surface area (Å²) in [7, 11) is 3.77. The normalized spacial score (nSPS) is 11.6. The largest absolute Gasteiger partial charge is 0.416 e. The van der Waals surface area contributed by atoms with Crippen LogP contribution in [0.3, 0.4) is 0 Å². The summed E-state index contributed by atoms with van der Waals surface area (Å²) in [6.07, 6.45) is -4.53. The van der Waals surface area contributed by atoms with Crippen LogP contribution < -0.4 is 10.7 Å². The van der Waals surface area contributed by atoms with Crippen LogP contribution in [-0.2, 0) is 12.7 Å². The van der Waals surface area contributed by atoms with Crippen LogP contribution in [0, 0.1) is 6.92 Å². The Morgan fingerprint density at radius 2 is 1.81 bits per heavy atom. The Morgan fingerprint density at radius 3 is 2.48 bits per heavy atom. The summed E-state index contributed by atoms with van der Waals surface area (Å²) in [5, 5.41) is 6.75. The number of benzene rings is 2. The molecule has 3 rings (SSSR count). The minimum atomic E-state index is -4.53. The first-order valence-corrected chi connectivity index (χ1v) is 9.39. The lowest BCUT2D eigenvalue weighted by Gasteiger charge is -2.16. The molecule has 0 saturated heterocycles. The van der Waals surface area contributed by atoms with E-state index in [9.17, 15) is 22.8 Å². The van der Waals surface area contributed by atoms with Gasteiger partial charge in [-0.25, -0.2) is 4.68 Å². The highest BCUT2D eigenvalue weighted by Gasteiger charge is 2.30. The van der Waals surface area contributed by atoms with Gasteiger partial charge >= 0.3 is 6.18 Å². The molecule has 0 spiro atoms. The topological polar surface area (TPSA) is 67.2 Å². The maximum atomic E-state index is 13.1. The summed E-state index contributed by atoms with van der Waals surface area (Å²) < 4.78 is 40.4. The third kappa shape index (κ3) is 5.18. The lowest BCUT2D eigenvalue weighted by Crippen LogP contribution is -2.27. The molecular weight excluding hydrogens is 409 g/mol. The van der Waals surface area contributed by atoms with E-state index >= 15 is 0 Å². The molecule has 6 nitrogen and oxygen atoms in total. The number of aryl methyl sites for hydroxylation is 1. The molecular formula is C22H21F3N4O2. The van der Waals surface area contributed by atoms with Crippen LogP contribution in [0.25, 0.3) is 5.69 Å². The van der Waals surface area contributed by atoms with Gasteiger partial charge < -0.3 is 10.2 Å². The predicted octanol–water partition coefficient (Wildman–Crippen LogP) is 3.87. The van der Waals surface area contributed by atoms with Gasteiger partial charge in [0.1, 0.15) is 0 Å². The lowest BCUT2D eigenvalue weighted by molar-refractivity contribution is -0.137. The third-order valence-electron chi connectivity index (χ3n) is 4.49. The van der Waals surface area contributed by atoms with Crippen molar-refractivity contribution in [3.63, 3.8) is 0 Å². The molecule has 3 aromatic rings. The van der Waals surface area contributed by atoms with Crippen LogP contribution in [-0.4, -0.2) is 34.7 Å². The van der Waals surface area contributed by atoms with E-state index in [4.69, 9.17) is 0 Å². The van der Waals surface area contributed by atoms with Gasteiger partial charge in [0.05, 0.1) is 11.3 Å². The number of hydrogen-bond donors (Lipinski definition) is 1. The number of hydrogen-bond acceptors (Lipinski definition) is 4. The number of para-hydroxylation sites is 1. The molecule has 9 heteroatoms. The van der Waals surface area contributed by atoms with E-state index in [1.807, 2.05) is 31.1 Å². The molecule has 1 N–H and O–H groups in total. The number of nitrogens with zero attached hydrogens (tertiary/aromatic N) is 3. The highest BCUT2D eigenvalue weighted by molar-refractivity contribution is 6.03. The highest BCUT2D eigenvalue weighted by Crippen LogP contribution is 2.30. The zero-order chi connectivity index (χ0) is 22.8. The van der Waals surface area contributed by atoms with Crippen molar-refractivity contribution in [1.29, 1.82) is 0 Å². The van der Waals surface area contributed by atoms with Crippen molar-refractivity contribution in [3.05, 3.63) is 87.3 Å². The number of nitrogens with one attached hydrogen (secondary N) is 1. The minimum Gasteiger partial charge on any atom is -0.320 e. The van der Waals surface area contributed by atoms with Crippen molar-refractivity contribution < 1.29 is 18.0 Å². The monoisotopic (exact) mass is 430 g/mol. The smallest absolute Gasteiger partial charge is 0.320 e. The molecule has 1 aromatic heterocycles. The van der Waals surface area contributed by atoms with Gasteiger partial charge in [0.15, 0.2) is 5.69 Å². The van der Waals surface area contributed by atoms with Gasteiger partial charge in [-0.1, -0.05) is 24.3 Å². The van der Waals surface area contributed by atoms with Crippen molar-refractivity contribution in [2.45, 2.75) is 19.6 Å². The second-order valence-electron chi connectivity index (χ2n) is 7.31. The fourth-order valence-corrected chi connectivity index (χ4v) is 3.08. The number of carbonyl (C=O) groups is 1. The zero-order valence-corrected chi connectivity index (χ0v) is 17.2. The van der Waals surface area contributed by atoms with Gasteiger partial charge in [0.25, 0.3) is 5.91 Å². The van der Waals surface area contributed by atoms with E-state index in [0.717, 1.165) is 22.4 Å². The van der Waals surface area contributed by atoms with Crippen LogP contribution >= 0.6 is 0 Å². The molecule has 0 radical (unpaired) electrons. The first-order valence-electron chi connectivity index (χ1n) is 9.39. The van der Waals surface area contributed by atoms with Gasteiger partial charge in [-0.3, -0.25) is 9.59 Å². The van der Waals surface area contributed by atoms with Crippen molar-refractivity contribution in [1.82, 2.24) is 14.7 Å². The van der Waals surface area contributed by atoms with Crippen molar-refractivity contribution >= 4 is 11.6 Å². The van der Waals surface area contributed by atoms with E-state index in [2.05, 4.69) is 10.4 Å². The third-order valence-corrected chi connectivity index (χ3v) is 4.49. The molecule has 0 aliphatic carbocycles. The average Bonchev–Trinajstić information content (AvgIpc) is 2.68. The van der Waals surface area contributed by atoms with Crippen molar-refractivity contribution in [3.8, 4) is 5.69 Å². The predicted molar refractivity (Wildman–Crippen MR) is 111 cm³/mol. The van der Waals surface area contributed by atoms with Gasteiger partial charge in [-0.05, 0) is 50.8 Å². The second-order valence-corrected chi connectivity index (χ2v) is 7.31. The first kappa shape index (κ1) is 22.2. The summed E-state index contributed by atoms with van der Waals surface area (Å²) in [6.45, 7) is 2.09. The second kappa shape index (κ2) is 8.73. The zero-order valence-electron chi connectivity index (χ0n) is 17.2. The van der Waals surface area contributed by atoms with Gasteiger partial charge in [0, 0.05) is 24.0 Å². The number of amides is 1. The van der Waals surface area contributed by atoms with Gasteiger partial charge in [-0.15, -0.1) is 0 Å². The van der Waals surface area contributed by atoms with E-state index < -0.39 is 28.8 Å². The van der Waals surface area contributed by atoms with Crippen molar-refractivity contribution in [2.24, 2.45) is 0 Å². The van der Waals surface area contributed by atoms with Gasteiger partial charge in [-0.2, -0.15) is 18.3 Å². The van der Waals surface area contributed by atoms with Crippen molar-refractivity contribution in [2.75, 3.05) is 19.4 Å². The van der Waals surface area contributed by atoms with E-state index in [1.54, 1.807) is 12.1 Å². The SMILES string of the molecule is Cc1cc(=O)c(C(=O)Nc2ccccc2CN(C)C)nn1-c1cccc(C(F)(F)F)c1. The Morgan fingerprint density at radius 1 is 1.10 bits per heavy atom. The molecule has 2 aromatic carbocycles. The molecule has 0 fully saturated rings. The lowest BCUT2D eigenvalue weighted by atomic mass is 10.1. The summed E-state index contributed by atoms with van der Waals surface area (Å²) in [4.78, 5) is 27.2. The number of rotatable bonds is 5. The van der Waals surface area contributed by atoms with Crippen LogP contribution in [0.2, 0.25) is 0 Å². The van der Waals surface area contributed by atoms with Gasteiger partial charge in [0.2, 0.25) is 5.43 Å². The van der Waals surface area contributed by atoms with Crippen LogP contribution in [0.4, 0.5) is 18.9 Å². The quantitative estimate of drug-likeness (QED) is 0.667. The Labute approximate surface area is 176 Å². The average molecular weight is 430 g/mol. The number of aromatic nitrogens is 2. The summed E-state index contributed by atoms with van der Waals surface area (Å²) >= 11 is 0. The standard InChI is InChI=1S/C22H21F3N4O2/c1-14-11-19(30)20(21(31)26-18-10-5-4-7-15(18)13-28(2)3)27-29(14)17-9-6-8-16(12-17)22(23,24)25/h4-12H,13H2,1-3H3,(H,26,31). The number of carbonyl (C=O) groups excluding carboxylic acids is 1. The van der Waals surface area contributed by atoms with E-state index in [0.29, 0.717) is 17.9 Å². The van der Waals surface area contributed by atoms with E-state index in [-0.39, 0.29) is 5.69 Å². The Kier molecular flexibility index (Phi) is 6.26. The molecule has 0 unspecified atom stereocenters. The minimum absolute atomic E-state index is 0.0920. The maximum absolute atomic E-state index is 13.1.